The molecule has 3 aliphatic heterocycles. The van der Waals surface area contributed by atoms with E-state index < -0.39 is 11.9 Å². The number of carbonyl (C=O) groups excluding carboxylic acids is 3. The van der Waals surface area contributed by atoms with Crippen LogP contribution < -0.4 is 10.1 Å². The fraction of sp³-hybridized carbons (Fsp3) is 0.333. The Balaban J connectivity index is 1.08. The number of carbonyl (C=O) groups is 3. The van der Waals surface area contributed by atoms with Crippen molar-refractivity contribution in [3.05, 3.63) is 71.4 Å². The van der Waals surface area contributed by atoms with Crippen LogP contribution in [-0.2, 0) is 22.7 Å². The molecule has 1 aromatic heterocycles. The van der Waals surface area contributed by atoms with Crippen molar-refractivity contribution < 1.29 is 19.1 Å². The maximum atomic E-state index is 12.9. The minimum atomic E-state index is -0.605. The van der Waals surface area contributed by atoms with Gasteiger partial charge in [0.25, 0.3) is 5.91 Å². The Labute approximate surface area is 202 Å². The van der Waals surface area contributed by atoms with E-state index in [9.17, 15) is 14.4 Å². The molecule has 2 fully saturated rings. The number of rotatable bonds is 5. The molecule has 35 heavy (non-hydrogen) atoms. The highest BCUT2D eigenvalue weighted by molar-refractivity contribution is 6.05. The van der Waals surface area contributed by atoms with Gasteiger partial charge in [0.05, 0.1) is 5.52 Å². The maximum absolute atomic E-state index is 12.9. The van der Waals surface area contributed by atoms with Crippen LogP contribution in [-0.4, -0.2) is 57.7 Å². The van der Waals surface area contributed by atoms with Crippen LogP contribution in [0, 0.1) is 0 Å². The third kappa shape index (κ3) is 4.25. The molecule has 3 aliphatic rings. The molecule has 3 aromatic rings. The first-order valence-corrected chi connectivity index (χ1v) is 12.0. The number of hydrogen-bond acceptors (Lipinski definition) is 6. The number of nitrogens with one attached hydrogen (secondary N) is 1. The molecule has 4 heterocycles. The van der Waals surface area contributed by atoms with E-state index in [4.69, 9.17) is 4.74 Å². The molecule has 1 N–H and O–H groups in total. The van der Waals surface area contributed by atoms with Gasteiger partial charge in [0.15, 0.2) is 0 Å². The Morgan fingerprint density at radius 2 is 1.97 bits per heavy atom. The lowest BCUT2D eigenvalue weighted by atomic mass is 10.0. The summed E-state index contributed by atoms with van der Waals surface area (Å²) in [6, 6.07) is 15.4. The van der Waals surface area contributed by atoms with E-state index >= 15 is 0 Å². The van der Waals surface area contributed by atoms with Crippen LogP contribution in [0.5, 0.6) is 5.75 Å². The lowest BCUT2D eigenvalue weighted by Crippen LogP contribution is -2.52. The zero-order valence-corrected chi connectivity index (χ0v) is 19.3. The largest absolute Gasteiger partial charge is 0.489 e. The molecule has 2 aromatic carbocycles. The quantitative estimate of drug-likeness (QED) is 0.577. The summed E-state index contributed by atoms with van der Waals surface area (Å²) in [5.41, 5.74) is 3.72. The zero-order chi connectivity index (χ0) is 23.9. The molecular formula is C27H26N4O4. The molecule has 8 heteroatoms. The summed E-state index contributed by atoms with van der Waals surface area (Å²) in [4.78, 5) is 44.9. The number of nitrogens with zero attached hydrogens (tertiary/aromatic N) is 3. The highest BCUT2D eigenvalue weighted by Crippen LogP contribution is 2.31. The van der Waals surface area contributed by atoms with Gasteiger partial charge in [0.2, 0.25) is 11.8 Å². The van der Waals surface area contributed by atoms with E-state index in [0.717, 1.165) is 48.3 Å². The summed E-state index contributed by atoms with van der Waals surface area (Å²) < 4.78 is 6.28. The highest BCUT2D eigenvalue weighted by Gasteiger charge is 2.39. The predicted molar refractivity (Wildman–Crippen MR) is 129 cm³/mol. The van der Waals surface area contributed by atoms with Gasteiger partial charge < -0.3 is 9.64 Å². The molecule has 0 bridgehead atoms. The third-order valence-corrected chi connectivity index (χ3v) is 7.10. The van der Waals surface area contributed by atoms with Crippen molar-refractivity contribution in [2.75, 3.05) is 13.1 Å². The van der Waals surface area contributed by atoms with Gasteiger partial charge in [-0.25, -0.2) is 0 Å². The van der Waals surface area contributed by atoms with Crippen LogP contribution in [0.25, 0.3) is 10.9 Å². The van der Waals surface area contributed by atoms with E-state index in [2.05, 4.69) is 39.5 Å². The van der Waals surface area contributed by atoms with Gasteiger partial charge in [-0.3, -0.25) is 29.6 Å². The van der Waals surface area contributed by atoms with Crippen molar-refractivity contribution in [3.63, 3.8) is 0 Å². The van der Waals surface area contributed by atoms with Crippen molar-refractivity contribution in [1.29, 1.82) is 0 Å². The number of hydrogen-bond donors (Lipinski definition) is 1. The summed E-state index contributed by atoms with van der Waals surface area (Å²) in [6.45, 7) is 3.02. The van der Waals surface area contributed by atoms with Crippen LogP contribution in [0.1, 0.15) is 40.7 Å². The number of benzene rings is 2. The van der Waals surface area contributed by atoms with Gasteiger partial charge in [0, 0.05) is 49.7 Å². The number of piperidine rings is 1. The minimum absolute atomic E-state index is 0.0820. The normalized spacial score (nSPS) is 22.5. The number of likely N-dealkylation sites (tertiary alicyclic amines) is 1. The zero-order valence-electron chi connectivity index (χ0n) is 19.3. The average molecular weight is 471 g/mol. The van der Waals surface area contributed by atoms with Crippen molar-refractivity contribution in [2.24, 2.45) is 0 Å². The topological polar surface area (TPSA) is 91.8 Å². The number of amides is 3. The van der Waals surface area contributed by atoms with Crippen LogP contribution in [0.3, 0.4) is 0 Å². The second-order valence-corrected chi connectivity index (χ2v) is 9.51. The van der Waals surface area contributed by atoms with Gasteiger partial charge in [-0.05, 0) is 60.4 Å². The SMILES string of the molecule is O=C1CCC(N2Cc3cc(O[C@@H]4CCN(Cc5ccc6ncccc6c5)C4)ccc3C2=O)C(=O)N1. The fourth-order valence-corrected chi connectivity index (χ4v) is 5.34. The molecular weight excluding hydrogens is 444 g/mol. The van der Waals surface area contributed by atoms with E-state index in [-0.39, 0.29) is 24.3 Å². The van der Waals surface area contributed by atoms with E-state index in [1.54, 1.807) is 11.0 Å². The Morgan fingerprint density at radius 1 is 1.06 bits per heavy atom. The molecule has 2 saturated heterocycles. The first-order chi connectivity index (χ1) is 17.0. The monoisotopic (exact) mass is 470 g/mol. The fourth-order valence-electron chi connectivity index (χ4n) is 5.34. The van der Waals surface area contributed by atoms with Crippen LogP contribution >= 0.6 is 0 Å². The van der Waals surface area contributed by atoms with Gasteiger partial charge in [-0.15, -0.1) is 0 Å². The second kappa shape index (κ2) is 8.78. The van der Waals surface area contributed by atoms with E-state index in [0.29, 0.717) is 18.5 Å². The van der Waals surface area contributed by atoms with Crippen molar-refractivity contribution >= 4 is 28.6 Å². The van der Waals surface area contributed by atoms with Crippen LogP contribution in [0.4, 0.5) is 0 Å². The van der Waals surface area contributed by atoms with Crippen molar-refractivity contribution in [3.8, 4) is 5.75 Å². The molecule has 2 atom stereocenters. The standard InChI is InChI=1S/C27H26N4O4/c32-25-8-7-24(26(33)29-25)31-15-19-13-20(4-5-22(19)27(31)34)35-21-9-11-30(16-21)14-17-3-6-23-18(12-17)2-1-10-28-23/h1-6,10,12-13,21,24H,7-9,11,14-16H2,(H,29,32,33)/t21-,24?/m1/s1. The molecule has 6 rings (SSSR count). The molecule has 0 spiro atoms. The number of fused-ring (bicyclic) bond motifs is 2. The lowest BCUT2D eigenvalue weighted by molar-refractivity contribution is -0.136. The minimum Gasteiger partial charge on any atom is -0.489 e. The Hall–Kier alpha value is -3.78. The molecule has 8 nitrogen and oxygen atoms in total. The Morgan fingerprint density at radius 3 is 2.86 bits per heavy atom. The van der Waals surface area contributed by atoms with Gasteiger partial charge in [-0.1, -0.05) is 12.1 Å². The second-order valence-electron chi connectivity index (χ2n) is 9.51. The first-order valence-electron chi connectivity index (χ1n) is 12.0. The van der Waals surface area contributed by atoms with Crippen molar-refractivity contribution in [1.82, 2.24) is 20.1 Å². The first kappa shape index (κ1) is 21.7. The molecule has 1 unspecified atom stereocenters. The Kier molecular flexibility index (Phi) is 5.45. The van der Waals surface area contributed by atoms with E-state index in [1.807, 2.05) is 24.4 Å². The number of ether oxygens (including phenoxy) is 1. The summed E-state index contributed by atoms with van der Waals surface area (Å²) in [7, 11) is 0. The van der Waals surface area contributed by atoms with Crippen molar-refractivity contribution in [2.45, 2.75) is 44.5 Å². The van der Waals surface area contributed by atoms with Crippen LogP contribution in [0.15, 0.2) is 54.7 Å². The van der Waals surface area contributed by atoms with Crippen LogP contribution in [0.2, 0.25) is 0 Å². The maximum Gasteiger partial charge on any atom is 0.255 e. The average Bonchev–Trinajstić information content (AvgIpc) is 3.42. The lowest BCUT2D eigenvalue weighted by Gasteiger charge is -2.29. The molecule has 0 aliphatic carbocycles. The number of pyridine rings is 1. The molecule has 178 valence electrons. The van der Waals surface area contributed by atoms with Gasteiger partial charge in [-0.2, -0.15) is 0 Å². The predicted octanol–water partition coefficient (Wildman–Crippen LogP) is 2.65. The summed E-state index contributed by atoms with van der Waals surface area (Å²) in [5.74, 6) is -0.106. The van der Waals surface area contributed by atoms with Gasteiger partial charge >= 0.3 is 0 Å². The molecule has 0 radical (unpaired) electrons. The number of aromatic nitrogens is 1. The molecule has 0 saturated carbocycles. The smallest absolute Gasteiger partial charge is 0.255 e. The third-order valence-electron chi connectivity index (χ3n) is 7.10. The Bertz CT molecular complexity index is 1340. The summed E-state index contributed by atoms with van der Waals surface area (Å²) in [6.07, 6.45) is 3.44. The van der Waals surface area contributed by atoms with Gasteiger partial charge in [0.1, 0.15) is 17.9 Å². The summed E-state index contributed by atoms with van der Waals surface area (Å²) in [5, 5.41) is 3.49. The number of imide groups is 1. The molecule has 3 amide bonds. The van der Waals surface area contributed by atoms with E-state index in [1.165, 1.54) is 5.56 Å². The highest BCUT2D eigenvalue weighted by atomic mass is 16.5. The summed E-state index contributed by atoms with van der Waals surface area (Å²) >= 11 is 0.